The maximum absolute atomic E-state index is 14.1. The van der Waals surface area contributed by atoms with Gasteiger partial charge in [0.15, 0.2) is 0 Å². The SMILES string of the molecule is CC(=O)NCCN(C(=O)c1cccc(C)c1F)C(C)C(=O)O. The summed E-state index contributed by atoms with van der Waals surface area (Å²) in [7, 11) is 0. The molecule has 2 N–H and O–H groups in total. The van der Waals surface area contributed by atoms with Crippen LogP contribution in [-0.2, 0) is 9.59 Å². The molecule has 2 amide bonds. The summed E-state index contributed by atoms with van der Waals surface area (Å²) in [5.74, 6) is -2.89. The van der Waals surface area contributed by atoms with E-state index in [2.05, 4.69) is 5.32 Å². The number of hydrogen-bond donors (Lipinski definition) is 2. The van der Waals surface area contributed by atoms with E-state index in [1.165, 1.54) is 39.0 Å². The minimum Gasteiger partial charge on any atom is -0.480 e. The van der Waals surface area contributed by atoms with Crippen molar-refractivity contribution in [3.8, 4) is 0 Å². The summed E-state index contributed by atoms with van der Waals surface area (Å²) < 4.78 is 14.1. The summed E-state index contributed by atoms with van der Waals surface area (Å²) in [6, 6.07) is 3.23. The average molecular weight is 310 g/mol. The second-order valence-electron chi connectivity index (χ2n) is 4.93. The molecule has 6 nitrogen and oxygen atoms in total. The van der Waals surface area contributed by atoms with E-state index < -0.39 is 23.7 Å². The predicted octanol–water partition coefficient (Wildman–Crippen LogP) is 1.19. The normalized spacial score (nSPS) is 11.6. The maximum Gasteiger partial charge on any atom is 0.326 e. The van der Waals surface area contributed by atoms with E-state index in [4.69, 9.17) is 5.11 Å². The third kappa shape index (κ3) is 4.28. The van der Waals surface area contributed by atoms with Crippen molar-refractivity contribution in [2.75, 3.05) is 13.1 Å². The minimum absolute atomic E-state index is 0.0285. The Morgan fingerprint density at radius 3 is 2.55 bits per heavy atom. The molecule has 1 aromatic carbocycles. The number of aliphatic carboxylic acids is 1. The Kier molecular flexibility index (Phi) is 6.03. The lowest BCUT2D eigenvalue weighted by Gasteiger charge is -2.27. The highest BCUT2D eigenvalue weighted by atomic mass is 19.1. The molecule has 1 aromatic rings. The fraction of sp³-hybridized carbons (Fsp3) is 0.400. The highest BCUT2D eigenvalue weighted by Crippen LogP contribution is 2.16. The van der Waals surface area contributed by atoms with Gasteiger partial charge in [-0.15, -0.1) is 0 Å². The number of carbonyl (C=O) groups is 3. The quantitative estimate of drug-likeness (QED) is 0.826. The summed E-state index contributed by atoms with van der Waals surface area (Å²) >= 11 is 0. The molecule has 0 spiro atoms. The summed E-state index contributed by atoms with van der Waals surface area (Å²) in [4.78, 5) is 35.5. The zero-order valence-electron chi connectivity index (χ0n) is 12.7. The third-order valence-corrected chi connectivity index (χ3v) is 3.23. The van der Waals surface area contributed by atoms with Crippen molar-refractivity contribution in [2.24, 2.45) is 0 Å². The Bertz CT molecular complexity index is 589. The molecule has 0 heterocycles. The lowest BCUT2D eigenvalue weighted by atomic mass is 10.1. The average Bonchev–Trinajstić information content (AvgIpc) is 2.45. The van der Waals surface area contributed by atoms with Gasteiger partial charge in [-0.2, -0.15) is 0 Å². The molecule has 0 aliphatic heterocycles. The van der Waals surface area contributed by atoms with Crippen LogP contribution in [0.5, 0.6) is 0 Å². The predicted molar refractivity (Wildman–Crippen MR) is 78.0 cm³/mol. The van der Waals surface area contributed by atoms with Crippen molar-refractivity contribution in [2.45, 2.75) is 26.8 Å². The van der Waals surface area contributed by atoms with Gasteiger partial charge in [-0.25, -0.2) is 9.18 Å². The first-order valence-electron chi connectivity index (χ1n) is 6.79. The maximum atomic E-state index is 14.1. The second-order valence-corrected chi connectivity index (χ2v) is 4.93. The van der Waals surface area contributed by atoms with E-state index >= 15 is 0 Å². The van der Waals surface area contributed by atoms with Gasteiger partial charge >= 0.3 is 5.97 Å². The largest absolute Gasteiger partial charge is 0.480 e. The van der Waals surface area contributed by atoms with Crippen LogP contribution in [0.3, 0.4) is 0 Å². The lowest BCUT2D eigenvalue weighted by molar-refractivity contribution is -0.141. The van der Waals surface area contributed by atoms with Gasteiger partial charge in [0, 0.05) is 20.0 Å². The van der Waals surface area contributed by atoms with Crippen LogP contribution < -0.4 is 5.32 Å². The molecule has 0 fully saturated rings. The van der Waals surface area contributed by atoms with Gasteiger partial charge in [0.05, 0.1) is 5.56 Å². The summed E-state index contributed by atoms with van der Waals surface area (Å²) in [5.41, 5.74) is 0.117. The highest BCUT2D eigenvalue weighted by Gasteiger charge is 2.28. The molecule has 0 radical (unpaired) electrons. The summed E-state index contributed by atoms with van der Waals surface area (Å²) in [6.07, 6.45) is 0. The number of amides is 2. The molecule has 1 rings (SSSR count). The van der Waals surface area contributed by atoms with Crippen molar-refractivity contribution in [1.29, 1.82) is 0 Å². The Labute approximate surface area is 127 Å². The number of carbonyl (C=O) groups excluding carboxylic acids is 2. The molecule has 7 heteroatoms. The molecule has 0 saturated carbocycles. The van der Waals surface area contributed by atoms with Crippen molar-refractivity contribution >= 4 is 17.8 Å². The molecule has 0 aliphatic rings. The zero-order valence-corrected chi connectivity index (χ0v) is 12.7. The second kappa shape index (κ2) is 7.53. The van der Waals surface area contributed by atoms with Crippen LogP contribution in [0.25, 0.3) is 0 Å². The van der Waals surface area contributed by atoms with Crippen LogP contribution in [0.2, 0.25) is 0 Å². The first-order chi connectivity index (χ1) is 10.3. The summed E-state index contributed by atoms with van der Waals surface area (Å²) in [5, 5.41) is 11.6. The standard InChI is InChI=1S/C15H19FN2O4/c1-9-5-4-6-12(13(9)16)14(20)18(10(2)15(21)22)8-7-17-11(3)19/h4-6,10H,7-8H2,1-3H3,(H,17,19)(H,21,22). The fourth-order valence-electron chi connectivity index (χ4n) is 1.92. The van der Waals surface area contributed by atoms with Crippen LogP contribution >= 0.6 is 0 Å². The van der Waals surface area contributed by atoms with Crippen molar-refractivity contribution in [3.05, 3.63) is 35.1 Å². The van der Waals surface area contributed by atoms with Gasteiger partial charge in [0.1, 0.15) is 11.9 Å². The summed E-state index contributed by atoms with van der Waals surface area (Å²) in [6.45, 7) is 4.23. The first-order valence-corrected chi connectivity index (χ1v) is 6.79. The molecule has 22 heavy (non-hydrogen) atoms. The minimum atomic E-state index is -1.20. The first kappa shape index (κ1) is 17.6. The van der Waals surface area contributed by atoms with Crippen LogP contribution in [0.1, 0.15) is 29.8 Å². The number of rotatable bonds is 6. The number of nitrogens with one attached hydrogen (secondary N) is 1. The smallest absolute Gasteiger partial charge is 0.326 e. The van der Waals surface area contributed by atoms with Crippen molar-refractivity contribution in [3.63, 3.8) is 0 Å². The molecule has 1 unspecified atom stereocenters. The molecule has 120 valence electrons. The van der Waals surface area contributed by atoms with E-state index in [9.17, 15) is 18.8 Å². The van der Waals surface area contributed by atoms with Gasteiger partial charge < -0.3 is 15.3 Å². The van der Waals surface area contributed by atoms with Gasteiger partial charge in [-0.1, -0.05) is 12.1 Å². The number of hydrogen-bond acceptors (Lipinski definition) is 3. The zero-order chi connectivity index (χ0) is 16.9. The van der Waals surface area contributed by atoms with Crippen LogP contribution in [0.15, 0.2) is 18.2 Å². The van der Waals surface area contributed by atoms with Gasteiger partial charge in [-0.05, 0) is 25.5 Å². The van der Waals surface area contributed by atoms with Crippen LogP contribution in [-0.4, -0.2) is 46.9 Å². The number of carboxylic acid groups (broad SMARTS) is 1. The van der Waals surface area contributed by atoms with E-state index in [1.807, 2.05) is 0 Å². The van der Waals surface area contributed by atoms with Gasteiger partial charge in [-0.3, -0.25) is 9.59 Å². The molecule has 0 saturated heterocycles. The van der Waals surface area contributed by atoms with Gasteiger partial charge in [0.2, 0.25) is 5.91 Å². The number of carboxylic acids is 1. The van der Waals surface area contributed by atoms with Gasteiger partial charge in [0.25, 0.3) is 5.91 Å². The van der Waals surface area contributed by atoms with Crippen molar-refractivity contribution < 1.29 is 23.9 Å². The molecular formula is C15H19FN2O4. The molecule has 1 atom stereocenters. The van der Waals surface area contributed by atoms with E-state index in [0.29, 0.717) is 5.56 Å². The Morgan fingerprint density at radius 1 is 1.36 bits per heavy atom. The Morgan fingerprint density at radius 2 is 2.00 bits per heavy atom. The van der Waals surface area contributed by atoms with E-state index in [1.54, 1.807) is 0 Å². The van der Waals surface area contributed by atoms with Crippen molar-refractivity contribution in [1.82, 2.24) is 10.2 Å². The van der Waals surface area contributed by atoms with Crippen LogP contribution in [0, 0.1) is 12.7 Å². The molecular weight excluding hydrogens is 291 g/mol. The Balaban J connectivity index is 3.03. The third-order valence-electron chi connectivity index (χ3n) is 3.23. The lowest BCUT2D eigenvalue weighted by Crippen LogP contribution is -2.47. The molecule has 0 aliphatic carbocycles. The monoisotopic (exact) mass is 310 g/mol. The van der Waals surface area contributed by atoms with E-state index in [-0.39, 0.29) is 24.6 Å². The van der Waals surface area contributed by atoms with E-state index in [0.717, 1.165) is 4.90 Å². The number of nitrogens with zero attached hydrogens (tertiary/aromatic N) is 1. The number of benzene rings is 1. The highest BCUT2D eigenvalue weighted by molar-refractivity contribution is 5.97. The molecule has 0 aromatic heterocycles. The Hall–Kier alpha value is -2.44. The molecule has 0 bridgehead atoms. The topological polar surface area (TPSA) is 86.7 Å². The van der Waals surface area contributed by atoms with Crippen LogP contribution in [0.4, 0.5) is 4.39 Å². The number of halogens is 1. The number of aryl methyl sites for hydroxylation is 1. The fourth-order valence-corrected chi connectivity index (χ4v) is 1.92.